The van der Waals surface area contributed by atoms with E-state index < -0.39 is 5.83 Å². The molecule has 0 aromatic rings. The Bertz CT molecular complexity index is 284. The van der Waals surface area contributed by atoms with E-state index >= 15 is 0 Å². The van der Waals surface area contributed by atoms with E-state index in [-0.39, 0.29) is 5.92 Å². The number of hydrogen-bond acceptors (Lipinski definition) is 2. The lowest BCUT2D eigenvalue weighted by Crippen LogP contribution is -2.01. The SMILES string of the molecule is C=C/C(F)=C\N=C(/C)CC(C#N)CC. The molecule has 0 bridgehead atoms. The highest BCUT2D eigenvalue weighted by Crippen LogP contribution is 2.08. The second-order valence-corrected chi connectivity index (χ2v) is 3.02. The maximum atomic E-state index is 12.6. The average molecular weight is 194 g/mol. The van der Waals surface area contributed by atoms with Crippen molar-refractivity contribution in [3.8, 4) is 6.07 Å². The standard InChI is InChI=1S/C11H15FN2/c1-4-10(7-13)6-9(3)14-8-11(12)5-2/h5,8,10H,2,4,6H2,1,3H3/b11-8+,14-9+. The highest BCUT2D eigenvalue weighted by Gasteiger charge is 2.05. The molecule has 0 N–H and O–H groups in total. The summed E-state index contributed by atoms with van der Waals surface area (Å²) >= 11 is 0. The van der Waals surface area contributed by atoms with Gasteiger partial charge in [-0.05, 0) is 19.4 Å². The molecule has 0 saturated heterocycles. The Morgan fingerprint density at radius 1 is 1.71 bits per heavy atom. The number of rotatable bonds is 5. The summed E-state index contributed by atoms with van der Waals surface area (Å²) in [4.78, 5) is 3.89. The van der Waals surface area contributed by atoms with Crippen molar-refractivity contribution in [2.75, 3.05) is 0 Å². The zero-order valence-electron chi connectivity index (χ0n) is 8.63. The average Bonchev–Trinajstić information content (AvgIpc) is 2.22. The number of allylic oxidation sites excluding steroid dienone is 2. The van der Waals surface area contributed by atoms with Gasteiger partial charge in [-0.25, -0.2) is 4.39 Å². The predicted molar refractivity (Wildman–Crippen MR) is 56.5 cm³/mol. The molecule has 0 aliphatic heterocycles. The second kappa shape index (κ2) is 7.02. The van der Waals surface area contributed by atoms with E-state index in [1.54, 1.807) is 6.92 Å². The molecule has 0 fully saturated rings. The Kier molecular flexibility index (Phi) is 6.30. The van der Waals surface area contributed by atoms with Gasteiger partial charge in [-0.15, -0.1) is 0 Å². The van der Waals surface area contributed by atoms with Crippen molar-refractivity contribution >= 4 is 5.71 Å². The lowest BCUT2D eigenvalue weighted by atomic mass is 10.0. The minimum Gasteiger partial charge on any atom is -0.263 e. The van der Waals surface area contributed by atoms with Gasteiger partial charge < -0.3 is 0 Å². The van der Waals surface area contributed by atoms with Gasteiger partial charge in [0.2, 0.25) is 0 Å². The van der Waals surface area contributed by atoms with E-state index in [0.29, 0.717) is 6.42 Å². The minimum atomic E-state index is -0.464. The van der Waals surface area contributed by atoms with Gasteiger partial charge in [0, 0.05) is 12.1 Å². The third kappa shape index (κ3) is 5.26. The molecule has 0 aliphatic carbocycles. The summed E-state index contributed by atoms with van der Waals surface area (Å²) in [5.41, 5.74) is 0.760. The molecule has 0 heterocycles. The summed E-state index contributed by atoms with van der Waals surface area (Å²) < 4.78 is 12.6. The van der Waals surface area contributed by atoms with E-state index in [4.69, 9.17) is 5.26 Å². The number of nitrogens with zero attached hydrogens (tertiary/aromatic N) is 2. The molecule has 0 aromatic carbocycles. The fraction of sp³-hybridized carbons (Fsp3) is 0.455. The largest absolute Gasteiger partial charge is 0.263 e. The van der Waals surface area contributed by atoms with Crippen LogP contribution < -0.4 is 0 Å². The molecule has 0 rings (SSSR count). The van der Waals surface area contributed by atoms with E-state index in [2.05, 4.69) is 17.6 Å². The minimum absolute atomic E-state index is 0.0288. The van der Waals surface area contributed by atoms with Crippen LogP contribution in [0.5, 0.6) is 0 Å². The van der Waals surface area contributed by atoms with Gasteiger partial charge in [0.1, 0.15) is 5.83 Å². The molecule has 0 saturated carbocycles. The Morgan fingerprint density at radius 2 is 2.36 bits per heavy atom. The van der Waals surface area contributed by atoms with Crippen molar-refractivity contribution in [2.24, 2.45) is 10.9 Å². The smallest absolute Gasteiger partial charge is 0.140 e. The third-order valence-electron chi connectivity index (χ3n) is 1.82. The van der Waals surface area contributed by atoms with Crippen molar-refractivity contribution in [2.45, 2.75) is 26.7 Å². The first-order valence-electron chi connectivity index (χ1n) is 4.55. The summed E-state index contributed by atoms with van der Waals surface area (Å²) in [5.74, 6) is -0.492. The molecule has 0 aromatic heterocycles. The van der Waals surface area contributed by atoms with E-state index in [9.17, 15) is 4.39 Å². The third-order valence-corrected chi connectivity index (χ3v) is 1.82. The number of nitriles is 1. The van der Waals surface area contributed by atoms with Crippen LogP contribution in [0.1, 0.15) is 26.7 Å². The first-order valence-corrected chi connectivity index (χ1v) is 4.55. The van der Waals surface area contributed by atoms with Crippen molar-refractivity contribution in [1.82, 2.24) is 0 Å². The van der Waals surface area contributed by atoms with Crippen molar-refractivity contribution < 1.29 is 4.39 Å². The predicted octanol–water partition coefficient (Wildman–Crippen LogP) is 3.38. The van der Waals surface area contributed by atoms with Gasteiger partial charge in [0.25, 0.3) is 0 Å². The maximum absolute atomic E-state index is 12.6. The molecule has 0 radical (unpaired) electrons. The Hall–Kier alpha value is -1.43. The highest BCUT2D eigenvalue weighted by molar-refractivity contribution is 5.82. The summed E-state index contributed by atoms with van der Waals surface area (Å²) in [6.07, 6.45) is 3.59. The first kappa shape index (κ1) is 12.6. The van der Waals surface area contributed by atoms with E-state index in [1.807, 2.05) is 6.92 Å². The molecule has 3 heteroatoms. The van der Waals surface area contributed by atoms with E-state index in [0.717, 1.165) is 24.4 Å². The van der Waals surface area contributed by atoms with Gasteiger partial charge in [-0.3, -0.25) is 4.99 Å². The van der Waals surface area contributed by atoms with E-state index in [1.165, 1.54) is 0 Å². The van der Waals surface area contributed by atoms with Crippen molar-refractivity contribution in [3.05, 3.63) is 24.7 Å². The van der Waals surface area contributed by atoms with Gasteiger partial charge in [-0.1, -0.05) is 13.5 Å². The summed E-state index contributed by atoms with van der Waals surface area (Å²) in [5, 5.41) is 8.69. The van der Waals surface area contributed by atoms with Crippen LogP contribution in [0.25, 0.3) is 0 Å². The number of hydrogen-bond donors (Lipinski definition) is 0. The van der Waals surface area contributed by atoms with Crippen molar-refractivity contribution in [3.63, 3.8) is 0 Å². The van der Waals surface area contributed by atoms with Crippen LogP contribution in [0.4, 0.5) is 4.39 Å². The van der Waals surface area contributed by atoms with Crippen LogP contribution in [0.15, 0.2) is 29.7 Å². The molecule has 0 spiro atoms. The molecule has 0 amide bonds. The van der Waals surface area contributed by atoms with Gasteiger partial charge in [0.05, 0.1) is 18.2 Å². The fourth-order valence-corrected chi connectivity index (χ4v) is 0.915. The van der Waals surface area contributed by atoms with Gasteiger partial charge in [-0.2, -0.15) is 5.26 Å². The first-order chi connectivity index (χ1) is 6.63. The Labute approximate surface area is 84.5 Å². The lowest BCUT2D eigenvalue weighted by Gasteiger charge is -2.03. The van der Waals surface area contributed by atoms with Crippen molar-refractivity contribution in [1.29, 1.82) is 5.26 Å². The molecule has 76 valence electrons. The lowest BCUT2D eigenvalue weighted by molar-refractivity contribution is 0.660. The number of aliphatic imine (C=N–C) groups is 1. The summed E-state index contributed by atoms with van der Waals surface area (Å²) in [7, 11) is 0. The summed E-state index contributed by atoms with van der Waals surface area (Å²) in [6, 6.07) is 2.17. The monoisotopic (exact) mass is 194 g/mol. The maximum Gasteiger partial charge on any atom is 0.140 e. The van der Waals surface area contributed by atoms with Crippen LogP contribution in [0, 0.1) is 17.2 Å². The number of halogens is 1. The quantitative estimate of drug-likeness (QED) is 0.488. The molecule has 2 nitrogen and oxygen atoms in total. The molecule has 1 atom stereocenters. The zero-order valence-corrected chi connectivity index (χ0v) is 8.63. The fourth-order valence-electron chi connectivity index (χ4n) is 0.915. The Morgan fingerprint density at radius 3 is 2.79 bits per heavy atom. The van der Waals surface area contributed by atoms with Crippen LogP contribution in [-0.4, -0.2) is 5.71 Å². The molecule has 14 heavy (non-hydrogen) atoms. The zero-order chi connectivity index (χ0) is 11.0. The topological polar surface area (TPSA) is 36.1 Å². The normalized spacial score (nSPS) is 14.7. The van der Waals surface area contributed by atoms with Gasteiger partial charge >= 0.3 is 0 Å². The Balaban J connectivity index is 4.27. The van der Waals surface area contributed by atoms with Crippen LogP contribution in [0.3, 0.4) is 0 Å². The molecular formula is C11H15FN2. The molecule has 0 aliphatic rings. The molecular weight excluding hydrogens is 179 g/mol. The van der Waals surface area contributed by atoms with Crippen LogP contribution >= 0.6 is 0 Å². The van der Waals surface area contributed by atoms with Crippen LogP contribution in [0.2, 0.25) is 0 Å². The second-order valence-electron chi connectivity index (χ2n) is 3.02. The van der Waals surface area contributed by atoms with Gasteiger partial charge in [0.15, 0.2) is 0 Å². The highest BCUT2D eigenvalue weighted by atomic mass is 19.1. The van der Waals surface area contributed by atoms with Crippen LogP contribution in [-0.2, 0) is 0 Å². The molecule has 1 unspecified atom stereocenters. The summed E-state index contributed by atoms with van der Waals surface area (Å²) in [6.45, 7) is 7.00.